The van der Waals surface area contributed by atoms with Gasteiger partial charge >= 0.3 is 11.9 Å². The summed E-state index contributed by atoms with van der Waals surface area (Å²) in [5, 5.41) is 9.48. The topological polar surface area (TPSA) is 131 Å². The maximum Gasteiger partial charge on any atom is 0.306 e. The third kappa shape index (κ3) is 42.8. The van der Waals surface area contributed by atoms with Crippen molar-refractivity contribution in [2.75, 3.05) is 47.5 Å². The lowest BCUT2D eigenvalue weighted by Crippen LogP contribution is -2.37. The summed E-state index contributed by atoms with van der Waals surface area (Å²) in [5.74, 6) is -0.959. The van der Waals surface area contributed by atoms with Crippen molar-refractivity contribution in [2.45, 2.75) is 148 Å². The molecule has 0 aromatic rings. The number of ether oxygens (including phenoxy) is 2. The van der Waals surface area contributed by atoms with Crippen LogP contribution < -0.4 is 4.89 Å². The van der Waals surface area contributed by atoms with Gasteiger partial charge in [0.2, 0.25) is 0 Å². The van der Waals surface area contributed by atoms with Gasteiger partial charge in [0, 0.05) is 12.8 Å². The first-order valence-electron chi connectivity index (χ1n) is 22.1. The molecule has 336 valence electrons. The largest absolute Gasteiger partial charge is 0.756 e. The van der Waals surface area contributed by atoms with Gasteiger partial charge in [0.05, 0.1) is 33.9 Å². The summed E-state index contributed by atoms with van der Waals surface area (Å²) in [5.41, 5.74) is 0. The summed E-state index contributed by atoms with van der Waals surface area (Å²) in [6.07, 6.45) is 48.2. The smallest absolute Gasteiger partial charge is 0.306 e. The molecule has 0 aliphatic heterocycles. The molecule has 0 radical (unpaired) electrons. The fraction of sp³-hybridized carbons (Fsp3) is 0.625. The molecular weight excluding hydrogens is 766 g/mol. The number of unbranched alkanes of at least 4 members (excludes halogenated alkanes) is 8. The molecule has 1 N–H and O–H groups in total. The SMILES string of the molecule is CCCCC/C=C\C/C=C\C/C=C\CCCCCCC(=O)O[C@H](COC(=O)CCC/C=C\C/C=C\C/C=C\C/C=C\C=C\[C@@H](O)CC)COP(=O)([O-])OCC[N+](C)(C)C. The van der Waals surface area contributed by atoms with E-state index in [-0.39, 0.29) is 32.2 Å². The van der Waals surface area contributed by atoms with Gasteiger partial charge in [0.25, 0.3) is 7.82 Å². The van der Waals surface area contributed by atoms with Crippen LogP contribution in [0.5, 0.6) is 0 Å². The number of allylic oxidation sites excluding steroid dienone is 15. The summed E-state index contributed by atoms with van der Waals surface area (Å²) < 4.78 is 33.8. The van der Waals surface area contributed by atoms with E-state index in [4.69, 9.17) is 18.5 Å². The van der Waals surface area contributed by atoms with E-state index in [0.717, 1.165) is 57.8 Å². The minimum absolute atomic E-state index is 0.0561. The van der Waals surface area contributed by atoms with Crippen molar-refractivity contribution in [3.05, 3.63) is 97.2 Å². The molecule has 59 heavy (non-hydrogen) atoms. The van der Waals surface area contributed by atoms with Gasteiger partial charge in [-0.3, -0.25) is 14.2 Å². The normalized spacial score (nSPS) is 15.0. The first-order valence-corrected chi connectivity index (χ1v) is 23.5. The van der Waals surface area contributed by atoms with Gasteiger partial charge < -0.3 is 33.0 Å². The molecule has 0 rings (SSSR count). The Hall–Kier alpha value is -3.11. The monoisotopic (exact) mass is 846 g/mol. The van der Waals surface area contributed by atoms with E-state index in [2.05, 4.69) is 73.8 Å². The molecule has 0 bridgehead atoms. The highest BCUT2D eigenvalue weighted by Crippen LogP contribution is 2.38. The Morgan fingerprint density at radius 1 is 0.627 bits per heavy atom. The summed E-state index contributed by atoms with van der Waals surface area (Å²) >= 11 is 0. The lowest BCUT2D eigenvalue weighted by Gasteiger charge is -2.28. The number of likely N-dealkylation sites (N-methyl/N-ethyl adjacent to an activating group) is 1. The Balaban J connectivity index is 4.54. The summed E-state index contributed by atoms with van der Waals surface area (Å²) in [6, 6.07) is 0. The van der Waals surface area contributed by atoms with Crippen molar-refractivity contribution in [1.82, 2.24) is 0 Å². The van der Waals surface area contributed by atoms with Gasteiger partial charge in [-0.25, -0.2) is 0 Å². The van der Waals surface area contributed by atoms with E-state index in [0.29, 0.717) is 36.7 Å². The van der Waals surface area contributed by atoms with E-state index in [1.807, 2.05) is 52.4 Å². The maximum atomic E-state index is 12.7. The van der Waals surface area contributed by atoms with Crippen LogP contribution >= 0.6 is 7.82 Å². The van der Waals surface area contributed by atoms with Crippen LogP contribution in [0.15, 0.2) is 97.2 Å². The van der Waals surface area contributed by atoms with Crippen LogP contribution in [0.4, 0.5) is 0 Å². The highest BCUT2D eigenvalue weighted by molar-refractivity contribution is 7.45. The number of aliphatic hydroxyl groups is 1. The number of nitrogens with zero attached hydrogens (tertiary/aromatic N) is 1. The Bertz CT molecular complexity index is 1340. The number of esters is 2. The summed E-state index contributed by atoms with van der Waals surface area (Å²) in [4.78, 5) is 37.5. The third-order valence-corrected chi connectivity index (χ3v) is 9.71. The predicted octanol–water partition coefficient (Wildman–Crippen LogP) is 10.9. The van der Waals surface area contributed by atoms with Gasteiger partial charge in [0.1, 0.15) is 19.8 Å². The average molecular weight is 846 g/mol. The van der Waals surface area contributed by atoms with E-state index < -0.39 is 32.5 Å². The second-order valence-corrected chi connectivity index (χ2v) is 16.9. The molecule has 0 aromatic heterocycles. The number of hydrogen-bond donors (Lipinski definition) is 1. The molecule has 1 unspecified atom stereocenters. The highest BCUT2D eigenvalue weighted by Gasteiger charge is 2.21. The number of carbonyl (C=O) groups excluding carboxylic acids is 2. The lowest BCUT2D eigenvalue weighted by atomic mass is 10.1. The number of rotatable bonds is 38. The van der Waals surface area contributed by atoms with Gasteiger partial charge in [-0.05, 0) is 83.5 Å². The molecule has 3 atom stereocenters. The molecule has 0 aliphatic carbocycles. The molecular formula is C48H80NO9P. The van der Waals surface area contributed by atoms with E-state index in [1.54, 1.807) is 6.08 Å². The van der Waals surface area contributed by atoms with E-state index in [1.165, 1.54) is 25.7 Å². The average Bonchev–Trinajstić information content (AvgIpc) is 3.19. The van der Waals surface area contributed by atoms with Crippen LogP contribution in [-0.4, -0.2) is 81.2 Å². The minimum Gasteiger partial charge on any atom is -0.756 e. The molecule has 0 spiro atoms. The molecule has 11 heteroatoms. The quantitative estimate of drug-likeness (QED) is 0.0161. The van der Waals surface area contributed by atoms with Gasteiger partial charge in [0.15, 0.2) is 6.10 Å². The van der Waals surface area contributed by atoms with Gasteiger partial charge in [-0.15, -0.1) is 0 Å². The Morgan fingerprint density at radius 3 is 1.69 bits per heavy atom. The lowest BCUT2D eigenvalue weighted by molar-refractivity contribution is -0.870. The summed E-state index contributed by atoms with van der Waals surface area (Å²) in [7, 11) is 1.08. The van der Waals surface area contributed by atoms with Crippen molar-refractivity contribution in [3.63, 3.8) is 0 Å². The van der Waals surface area contributed by atoms with Crippen LogP contribution in [-0.2, 0) is 32.7 Å². The molecule has 0 amide bonds. The summed E-state index contributed by atoms with van der Waals surface area (Å²) in [6.45, 7) is 3.73. The Morgan fingerprint density at radius 2 is 1.14 bits per heavy atom. The fourth-order valence-electron chi connectivity index (χ4n) is 5.12. The fourth-order valence-corrected chi connectivity index (χ4v) is 5.85. The number of phosphoric ester groups is 1. The van der Waals surface area contributed by atoms with Crippen molar-refractivity contribution in [1.29, 1.82) is 0 Å². The zero-order valence-corrected chi connectivity index (χ0v) is 38.2. The van der Waals surface area contributed by atoms with Crippen LogP contribution in [0.25, 0.3) is 0 Å². The van der Waals surface area contributed by atoms with Crippen molar-refractivity contribution in [3.8, 4) is 0 Å². The van der Waals surface area contributed by atoms with Crippen LogP contribution in [0.2, 0.25) is 0 Å². The molecule has 0 saturated heterocycles. The Labute approximate surface area is 358 Å². The van der Waals surface area contributed by atoms with Crippen molar-refractivity contribution < 1.29 is 47.2 Å². The molecule has 0 heterocycles. The first kappa shape index (κ1) is 55.9. The number of quaternary nitrogens is 1. The van der Waals surface area contributed by atoms with Gasteiger partial charge in [-0.1, -0.05) is 137 Å². The molecule has 0 fully saturated rings. The zero-order valence-electron chi connectivity index (χ0n) is 37.3. The van der Waals surface area contributed by atoms with E-state index >= 15 is 0 Å². The van der Waals surface area contributed by atoms with Gasteiger partial charge in [-0.2, -0.15) is 0 Å². The van der Waals surface area contributed by atoms with Crippen LogP contribution in [0, 0.1) is 0 Å². The minimum atomic E-state index is -4.66. The van der Waals surface area contributed by atoms with Crippen molar-refractivity contribution in [2.24, 2.45) is 0 Å². The van der Waals surface area contributed by atoms with Crippen LogP contribution in [0.1, 0.15) is 136 Å². The van der Waals surface area contributed by atoms with E-state index in [9.17, 15) is 24.2 Å². The number of carbonyl (C=O) groups is 2. The van der Waals surface area contributed by atoms with Crippen LogP contribution in [0.3, 0.4) is 0 Å². The first-order chi connectivity index (χ1) is 28.4. The third-order valence-electron chi connectivity index (χ3n) is 8.75. The maximum absolute atomic E-state index is 12.7. The predicted molar refractivity (Wildman–Crippen MR) is 241 cm³/mol. The molecule has 0 aliphatic rings. The highest BCUT2D eigenvalue weighted by atomic mass is 31.2. The van der Waals surface area contributed by atoms with Crippen molar-refractivity contribution >= 4 is 19.8 Å². The molecule has 0 aromatic carbocycles. The second-order valence-electron chi connectivity index (χ2n) is 15.5. The zero-order chi connectivity index (χ0) is 43.7. The number of aliphatic hydroxyl groups excluding tert-OH is 1. The molecule has 0 saturated carbocycles. The standard InChI is InChI=1S/C48H80NO9P/c1-6-8-9-10-11-12-13-14-15-16-17-22-25-28-31-34-37-40-48(52)58-46(44-57-59(53,54)56-42-41-49(3,4)5)43-55-47(51)39-36-33-30-27-24-21-19-18-20-23-26-29-32-35-38-45(50)7-2/h11-12,14-15,17,19-23,27,29-30,32,35,38,45-46,50H,6-10,13,16,18,24-26,28,31,33-34,36-37,39-44H2,1-5H3/b12-11-,15-14-,21-19-,22-17-,23-20-,30-27-,32-29-,38-35+/t45-,46+/m0/s1. The second kappa shape index (κ2) is 39.1. The number of phosphoric acid groups is 1. The number of hydrogen-bond acceptors (Lipinski definition) is 9. The molecule has 10 nitrogen and oxygen atoms in total. The Kier molecular flexibility index (Phi) is 37.0.